The van der Waals surface area contributed by atoms with E-state index in [0.29, 0.717) is 11.3 Å². The minimum Gasteiger partial charge on any atom is -0.379 e. The molecule has 0 aliphatic rings. The Labute approximate surface area is 123 Å². The van der Waals surface area contributed by atoms with Gasteiger partial charge in [0.25, 0.3) is 0 Å². The molecule has 4 N–H and O–H groups in total. The third kappa shape index (κ3) is 3.98. The Kier molecular flexibility index (Phi) is 4.42. The summed E-state index contributed by atoms with van der Waals surface area (Å²) in [7, 11) is 0. The number of nitrogens with two attached hydrogens (primary N) is 1. The van der Waals surface area contributed by atoms with Crippen molar-refractivity contribution in [1.29, 1.82) is 5.26 Å². The summed E-state index contributed by atoms with van der Waals surface area (Å²) in [6.07, 6.45) is 0. The van der Waals surface area contributed by atoms with E-state index in [1.807, 2.05) is 31.2 Å². The zero-order valence-corrected chi connectivity index (χ0v) is 11.6. The number of benzene rings is 2. The van der Waals surface area contributed by atoms with E-state index in [9.17, 15) is 4.79 Å². The smallest absolute Gasteiger partial charge is 0.316 e. The lowest BCUT2D eigenvalue weighted by molar-refractivity contribution is 0.259. The van der Waals surface area contributed by atoms with E-state index >= 15 is 0 Å². The number of hydrogen-bond acceptors (Lipinski definition) is 3. The standard InChI is InChI=1S/C16H16N4O/c1-11(13-4-2-12(10-17)3-5-13)19-14-6-8-15(9-7-14)20-16(18)21/h2-9,11,19H,1H3,(H3,18,20,21). The highest BCUT2D eigenvalue weighted by molar-refractivity contribution is 5.87. The fraction of sp³-hybridized carbons (Fsp3) is 0.125. The number of carbonyl (C=O) groups excluding carboxylic acids is 1. The Morgan fingerprint density at radius 2 is 1.67 bits per heavy atom. The first-order chi connectivity index (χ1) is 10.1. The van der Waals surface area contributed by atoms with Crippen LogP contribution in [-0.4, -0.2) is 6.03 Å². The van der Waals surface area contributed by atoms with Crippen LogP contribution in [0.1, 0.15) is 24.1 Å². The number of rotatable bonds is 4. The zero-order valence-electron chi connectivity index (χ0n) is 11.6. The first kappa shape index (κ1) is 14.4. The number of nitrogens with one attached hydrogen (secondary N) is 2. The van der Waals surface area contributed by atoms with Gasteiger partial charge in [0.15, 0.2) is 0 Å². The van der Waals surface area contributed by atoms with Gasteiger partial charge in [0, 0.05) is 17.4 Å². The SMILES string of the molecule is CC(Nc1ccc(NC(N)=O)cc1)c1ccc(C#N)cc1. The molecule has 0 radical (unpaired) electrons. The van der Waals surface area contributed by atoms with E-state index in [-0.39, 0.29) is 6.04 Å². The molecule has 2 aromatic rings. The largest absolute Gasteiger partial charge is 0.379 e. The van der Waals surface area contributed by atoms with Gasteiger partial charge in [-0.05, 0) is 48.9 Å². The monoisotopic (exact) mass is 280 g/mol. The van der Waals surface area contributed by atoms with Gasteiger partial charge in [0.1, 0.15) is 0 Å². The molecular weight excluding hydrogens is 264 g/mol. The van der Waals surface area contributed by atoms with E-state index in [0.717, 1.165) is 11.3 Å². The van der Waals surface area contributed by atoms with Crippen LogP contribution < -0.4 is 16.4 Å². The Hall–Kier alpha value is -3.00. The lowest BCUT2D eigenvalue weighted by Gasteiger charge is -2.16. The average molecular weight is 280 g/mol. The summed E-state index contributed by atoms with van der Waals surface area (Å²) in [6.45, 7) is 2.04. The Balaban J connectivity index is 2.03. The quantitative estimate of drug-likeness (QED) is 0.803. The topological polar surface area (TPSA) is 90.9 Å². The minimum absolute atomic E-state index is 0.104. The van der Waals surface area contributed by atoms with Gasteiger partial charge in [-0.1, -0.05) is 12.1 Å². The molecule has 1 atom stereocenters. The Morgan fingerprint density at radius 1 is 1.10 bits per heavy atom. The van der Waals surface area contributed by atoms with Gasteiger partial charge in [-0.15, -0.1) is 0 Å². The molecule has 0 aliphatic carbocycles. The van der Waals surface area contributed by atoms with Gasteiger partial charge in [-0.25, -0.2) is 4.79 Å². The zero-order chi connectivity index (χ0) is 15.2. The molecule has 0 bridgehead atoms. The number of nitrogens with zero attached hydrogens (tertiary/aromatic N) is 1. The van der Waals surface area contributed by atoms with Gasteiger partial charge in [-0.2, -0.15) is 5.26 Å². The number of hydrogen-bond donors (Lipinski definition) is 3. The lowest BCUT2D eigenvalue weighted by Crippen LogP contribution is -2.19. The van der Waals surface area contributed by atoms with Crippen LogP contribution in [0.4, 0.5) is 16.2 Å². The Morgan fingerprint density at radius 3 is 2.19 bits per heavy atom. The van der Waals surface area contributed by atoms with Crippen LogP contribution in [-0.2, 0) is 0 Å². The summed E-state index contributed by atoms with van der Waals surface area (Å²) in [5.41, 5.74) is 8.38. The highest BCUT2D eigenvalue weighted by atomic mass is 16.2. The van der Waals surface area contributed by atoms with Crippen molar-refractivity contribution in [2.24, 2.45) is 5.73 Å². The normalized spacial score (nSPS) is 11.2. The number of urea groups is 1. The number of nitriles is 1. The maximum absolute atomic E-state index is 10.7. The average Bonchev–Trinajstić information content (AvgIpc) is 2.49. The molecule has 5 heteroatoms. The molecule has 0 fully saturated rings. The van der Waals surface area contributed by atoms with E-state index in [2.05, 4.69) is 16.7 Å². The second kappa shape index (κ2) is 6.44. The van der Waals surface area contributed by atoms with Gasteiger partial charge in [0.05, 0.1) is 11.6 Å². The van der Waals surface area contributed by atoms with E-state index < -0.39 is 6.03 Å². The van der Waals surface area contributed by atoms with E-state index in [1.54, 1.807) is 24.3 Å². The number of carbonyl (C=O) groups is 1. The summed E-state index contributed by atoms with van der Waals surface area (Å²) >= 11 is 0. The summed E-state index contributed by atoms with van der Waals surface area (Å²) in [6, 6.07) is 16.4. The molecule has 0 aliphatic heterocycles. The molecule has 2 rings (SSSR count). The second-order valence-electron chi connectivity index (χ2n) is 4.67. The molecule has 2 amide bonds. The summed E-state index contributed by atoms with van der Waals surface area (Å²) < 4.78 is 0. The summed E-state index contributed by atoms with van der Waals surface area (Å²) in [5.74, 6) is 0. The Bertz CT molecular complexity index is 656. The van der Waals surface area contributed by atoms with Crippen LogP contribution >= 0.6 is 0 Å². The number of amides is 2. The number of primary amides is 1. The molecule has 106 valence electrons. The van der Waals surface area contributed by atoms with Crippen molar-refractivity contribution in [3.63, 3.8) is 0 Å². The molecule has 0 saturated heterocycles. The molecule has 0 aromatic heterocycles. The van der Waals surface area contributed by atoms with Gasteiger partial charge in [0.2, 0.25) is 0 Å². The van der Waals surface area contributed by atoms with E-state index in [4.69, 9.17) is 11.0 Å². The maximum Gasteiger partial charge on any atom is 0.316 e. The van der Waals surface area contributed by atoms with Gasteiger partial charge < -0.3 is 16.4 Å². The van der Waals surface area contributed by atoms with Crippen molar-refractivity contribution in [2.45, 2.75) is 13.0 Å². The van der Waals surface area contributed by atoms with Crippen molar-refractivity contribution >= 4 is 17.4 Å². The summed E-state index contributed by atoms with van der Waals surface area (Å²) in [5, 5.41) is 14.6. The second-order valence-corrected chi connectivity index (χ2v) is 4.67. The molecule has 0 saturated carbocycles. The first-order valence-electron chi connectivity index (χ1n) is 6.51. The van der Waals surface area contributed by atoms with Crippen LogP contribution in [0.2, 0.25) is 0 Å². The fourth-order valence-electron chi connectivity index (χ4n) is 1.97. The summed E-state index contributed by atoms with van der Waals surface area (Å²) in [4.78, 5) is 10.7. The van der Waals surface area contributed by atoms with Crippen LogP contribution in [0.15, 0.2) is 48.5 Å². The van der Waals surface area contributed by atoms with E-state index in [1.165, 1.54) is 0 Å². The van der Waals surface area contributed by atoms with Crippen LogP contribution in [0.25, 0.3) is 0 Å². The van der Waals surface area contributed by atoms with Crippen molar-refractivity contribution in [3.05, 3.63) is 59.7 Å². The predicted octanol–water partition coefficient (Wildman–Crippen LogP) is 3.22. The molecule has 0 spiro atoms. The molecular formula is C16H16N4O. The maximum atomic E-state index is 10.7. The predicted molar refractivity (Wildman–Crippen MR) is 82.8 cm³/mol. The molecule has 2 aromatic carbocycles. The lowest BCUT2D eigenvalue weighted by atomic mass is 10.1. The minimum atomic E-state index is -0.582. The molecule has 0 heterocycles. The van der Waals surface area contributed by atoms with Crippen molar-refractivity contribution in [2.75, 3.05) is 10.6 Å². The van der Waals surface area contributed by atoms with Crippen LogP contribution in [0, 0.1) is 11.3 Å². The highest BCUT2D eigenvalue weighted by Gasteiger charge is 2.05. The molecule has 21 heavy (non-hydrogen) atoms. The third-order valence-electron chi connectivity index (χ3n) is 3.08. The van der Waals surface area contributed by atoms with Gasteiger partial charge in [-0.3, -0.25) is 0 Å². The van der Waals surface area contributed by atoms with Crippen molar-refractivity contribution in [3.8, 4) is 6.07 Å². The van der Waals surface area contributed by atoms with Crippen molar-refractivity contribution in [1.82, 2.24) is 0 Å². The fourth-order valence-corrected chi connectivity index (χ4v) is 1.97. The van der Waals surface area contributed by atoms with Crippen molar-refractivity contribution < 1.29 is 4.79 Å². The molecule has 1 unspecified atom stereocenters. The molecule has 5 nitrogen and oxygen atoms in total. The number of anilines is 2. The van der Waals surface area contributed by atoms with Crippen LogP contribution in [0.5, 0.6) is 0 Å². The first-order valence-corrected chi connectivity index (χ1v) is 6.51. The highest BCUT2D eigenvalue weighted by Crippen LogP contribution is 2.21. The van der Waals surface area contributed by atoms with Gasteiger partial charge >= 0.3 is 6.03 Å². The third-order valence-corrected chi connectivity index (χ3v) is 3.08. The van der Waals surface area contributed by atoms with Crippen LogP contribution in [0.3, 0.4) is 0 Å².